The van der Waals surface area contributed by atoms with Crippen LogP contribution in [0.15, 0.2) is 47.3 Å². The summed E-state index contributed by atoms with van der Waals surface area (Å²) in [5, 5.41) is 0.609. The van der Waals surface area contributed by atoms with Gasteiger partial charge in [0.05, 0.1) is 28.5 Å². The average Bonchev–Trinajstić information content (AvgIpc) is 2.85. The summed E-state index contributed by atoms with van der Waals surface area (Å²) < 4.78 is 7.11. The first-order chi connectivity index (χ1) is 10.3. The first-order valence-corrected chi connectivity index (χ1v) is 6.84. The molecule has 104 valence electrons. The minimum absolute atomic E-state index is 0.0736. The van der Waals surface area contributed by atoms with E-state index in [2.05, 4.69) is 9.97 Å². The first-order valence-electron chi connectivity index (χ1n) is 6.84. The number of H-pyrrole nitrogens is 1. The average molecular weight is 279 g/mol. The van der Waals surface area contributed by atoms with Crippen LogP contribution in [-0.4, -0.2) is 21.0 Å². The number of nitrogens with zero attached hydrogens (tertiary/aromatic N) is 2. The van der Waals surface area contributed by atoms with Crippen LogP contribution in [0.4, 0.5) is 0 Å². The van der Waals surface area contributed by atoms with Gasteiger partial charge in [-0.1, -0.05) is 12.1 Å². The molecule has 4 rings (SSSR count). The molecule has 1 N–H and O–H groups in total. The Labute approximate surface area is 119 Å². The lowest BCUT2D eigenvalue weighted by Gasteiger charge is -2.02. The van der Waals surface area contributed by atoms with Crippen molar-refractivity contribution in [2.75, 3.05) is 6.61 Å². The van der Waals surface area contributed by atoms with Crippen molar-refractivity contribution in [1.82, 2.24) is 14.4 Å². The van der Waals surface area contributed by atoms with E-state index in [0.29, 0.717) is 23.3 Å². The molecule has 4 aromatic rings. The molecule has 0 saturated heterocycles. The fourth-order valence-corrected chi connectivity index (χ4v) is 2.62. The maximum atomic E-state index is 12.7. The van der Waals surface area contributed by atoms with Crippen molar-refractivity contribution in [3.63, 3.8) is 0 Å². The lowest BCUT2D eigenvalue weighted by Crippen LogP contribution is -2.13. The van der Waals surface area contributed by atoms with E-state index in [0.717, 1.165) is 16.8 Å². The Hall–Kier alpha value is -2.82. The van der Waals surface area contributed by atoms with Crippen molar-refractivity contribution in [2.45, 2.75) is 6.92 Å². The third-order valence-electron chi connectivity index (χ3n) is 3.54. The summed E-state index contributed by atoms with van der Waals surface area (Å²) >= 11 is 0. The van der Waals surface area contributed by atoms with Crippen LogP contribution in [-0.2, 0) is 0 Å². The minimum Gasteiger partial charge on any atom is -0.494 e. The number of benzene rings is 2. The van der Waals surface area contributed by atoms with Crippen molar-refractivity contribution < 1.29 is 4.74 Å². The van der Waals surface area contributed by atoms with E-state index in [1.165, 1.54) is 0 Å². The highest BCUT2D eigenvalue weighted by Crippen LogP contribution is 2.21. The summed E-state index contributed by atoms with van der Waals surface area (Å²) in [4.78, 5) is 20.4. The molecule has 2 aromatic carbocycles. The van der Waals surface area contributed by atoms with Crippen molar-refractivity contribution in [2.24, 2.45) is 0 Å². The SMILES string of the molecule is CCOc1ccc2[nH]c3nc4ccccc4c(=O)n3c2c1. The number of hydrogen-bond donors (Lipinski definition) is 1. The van der Waals surface area contributed by atoms with Crippen LogP contribution in [0.1, 0.15) is 6.92 Å². The van der Waals surface area contributed by atoms with Gasteiger partial charge in [-0.05, 0) is 31.2 Å². The molecule has 2 heterocycles. The van der Waals surface area contributed by atoms with Crippen LogP contribution in [0, 0.1) is 0 Å². The fraction of sp³-hybridized carbons (Fsp3) is 0.125. The molecule has 0 radical (unpaired) electrons. The zero-order valence-electron chi connectivity index (χ0n) is 11.5. The van der Waals surface area contributed by atoms with Gasteiger partial charge < -0.3 is 9.72 Å². The molecule has 5 nitrogen and oxygen atoms in total. The van der Waals surface area contributed by atoms with Crippen molar-refractivity contribution in [3.8, 4) is 5.75 Å². The van der Waals surface area contributed by atoms with Gasteiger partial charge in [-0.3, -0.25) is 4.79 Å². The zero-order valence-corrected chi connectivity index (χ0v) is 11.5. The predicted octanol–water partition coefficient (Wildman–Crippen LogP) is 2.73. The van der Waals surface area contributed by atoms with Gasteiger partial charge in [-0.25, -0.2) is 9.38 Å². The highest BCUT2D eigenvalue weighted by Gasteiger charge is 2.11. The number of hydrogen-bond acceptors (Lipinski definition) is 3. The Bertz CT molecular complexity index is 1030. The van der Waals surface area contributed by atoms with Gasteiger partial charge in [0.15, 0.2) is 0 Å². The van der Waals surface area contributed by atoms with E-state index in [4.69, 9.17) is 4.74 Å². The third kappa shape index (κ3) is 1.71. The molecule has 0 aliphatic rings. The summed E-state index contributed by atoms with van der Waals surface area (Å²) in [6.07, 6.45) is 0. The number of imidazole rings is 1. The quantitative estimate of drug-likeness (QED) is 0.613. The van der Waals surface area contributed by atoms with Gasteiger partial charge in [0.2, 0.25) is 5.78 Å². The van der Waals surface area contributed by atoms with Crippen LogP contribution in [0.2, 0.25) is 0 Å². The Balaban J connectivity index is 2.17. The number of ether oxygens (including phenoxy) is 1. The van der Waals surface area contributed by atoms with Crippen LogP contribution < -0.4 is 10.3 Å². The molecule has 0 amide bonds. The summed E-state index contributed by atoms with van der Waals surface area (Å²) in [6.45, 7) is 2.52. The molecule has 5 heteroatoms. The number of rotatable bonds is 2. The summed E-state index contributed by atoms with van der Waals surface area (Å²) in [5.41, 5.74) is 2.26. The highest BCUT2D eigenvalue weighted by atomic mass is 16.5. The second kappa shape index (κ2) is 4.34. The molecule has 0 aliphatic carbocycles. The Morgan fingerprint density at radius 1 is 1.24 bits per heavy atom. The van der Waals surface area contributed by atoms with Crippen LogP contribution in [0.5, 0.6) is 5.75 Å². The fourth-order valence-electron chi connectivity index (χ4n) is 2.62. The Morgan fingerprint density at radius 2 is 2.10 bits per heavy atom. The molecule has 0 fully saturated rings. The lowest BCUT2D eigenvalue weighted by molar-refractivity contribution is 0.340. The van der Waals surface area contributed by atoms with Gasteiger partial charge in [0.1, 0.15) is 5.75 Å². The van der Waals surface area contributed by atoms with Crippen molar-refractivity contribution in [3.05, 3.63) is 52.8 Å². The monoisotopic (exact) mass is 279 g/mol. The summed E-state index contributed by atoms with van der Waals surface area (Å²) in [6, 6.07) is 13.0. The van der Waals surface area contributed by atoms with E-state index in [9.17, 15) is 4.79 Å². The Morgan fingerprint density at radius 3 is 2.95 bits per heavy atom. The first kappa shape index (κ1) is 12.0. The van der Waals surface area contributed by atoms with E-state index in [1.54, 1.807) is 10.5 Å². The number of nitrogens with one attached hydrogen (secondary N) is 1. The van der Waals surface area contributed by atoms with Gasteiger partial charge >= 0.3 is 0 Å². The largest absolute Gasteiger partial charge is 0.494 e. The summed E-state index contributed by atoms with van der Waals surface area (Å²) in [7, 11) is 0. The predicted molar refractivity (Wildman–Crippen MR) is 82.0 cm³/mol. The third-order valence-corrected chi connectivity index (χ3v) is 3.54. The Kier molecular flexibility index (Phi) is 2.47. The van der Waals surface area contributed by atoms with Gasteiger partial charge in [0, 0.05) is 6.07 Å². The second-order valence-corrected chi connectivity index (χ2v) is 4.83. The normalized spacial score (nSPS) is 11.5. The molecular formula is C16H13N3O2. The van der Waals surface area contributed by atoms with Crippen molar-refractivity contribution in [1.29, 1.82) is 0 Å². The van der Waals surface area contributed by atoms with Gasteiger partial charge in [-0.15, -0.1) is 0 Å². The molecule has 0 unspecified atom stereocenters. The minimum atomic E-state index is -0.0736. The van der Waals surface area contributed by atoms with Crippen LogP contribution >= 0.6 is 0 Å². The van der Waals surface area contributed by atoms with Crippen LogP contribution in [0.25, 0.3) is 27.7 Å². The molecule has 21 heavy (non-hydrogen) atoms. The standard InChI is InChI=1S/C16H13N3O2/c1-2-21-10-7-8-13-14(9-10)19-15(20)11-5-3-4-6-12(11)17-16(19)18-13/h3-9H,2H2,1H3,(H,17,18). The highest BCUT2D eigenvalue weighted by molar-refractivity contribution is 5.85. The topological polar surface area (TPSA) is 59.4 Å². The molecular weight excluding hydrogens is 266 g/mol. The van der Waals surface area contributed by atoms with E-state index >= 15 is 0 Å². The van der Waals surface area contributed by atoms with Gasteiger partial charge in [0.25, 0.3) is 5.56 Å². The van der Waals surface area contributed by atoms with Gasteiger partial charge in [-0.2, -0.15) is 0 Å². The van der Waals surface area contributed by atoms with Crippen LogP contribution in [0.3, 0.4) is 0 Å². The smallest absolute Gasteiger partial charge is 0.267 e. The number of aromatic nitrogens is 3. The number of fused-ring (bicyclic) bond motifs is 4. The van der Waals surface area contributed by atoms with Crippen molar-refractivity contribution >= 4 is 27.7 Å². The molecule has 2 aromatic heterocycles. The maximum Gasteiger partial charge on any atom is 0.267 e. The second-order valence-electron chi connectivity index (χ2n) is 4.83. The lowest BCUT2D eigenvalue weighted by atomic mass is 10.2. The maximum absolute atomic E-state index is 12.7. The van der Waals surface area contributed by atoms with E-state index in [1.807, 2.05) is 43.3 Å². The number of aromatic amines is 1. The number of para-hydroxylation sites is 1. The molecule has 0 spiro atoms. The zero-order chi connectivity index (χ0) is 14.4. The molecule has 0 atom stereocenters. The molecule has 0 aliphatic heterocycles. The molecule has 0 saturated carbocycles. The summed E-state index contributed by atoms with van der Waals surface area (Å²) in [5.74, 6) is 1.29. The molecule has 0 bridgehead atoms. The van der Waals surface area contributed by atoms with E-state index in [-0.39, 0.29) is 5.56 Å². The van der Waals surface area contributed by atoms with E-state index < -0.39 is 0 Å².